The molecule has 0 radical (unpaired) electrons. The molecule has 1 aromatic rings. The van der Waals surface area contributed by atoms with E-state index in [2.05, 4.69) is 35.8 Å². The van der Waals surface area contributed by atoms with Gasteiger partial charge in [0, 0.05) is 9.85 Å². The van der Waals surface area contributed by atoms with E-state index in [4.69, 9.17) is 11.6 Å². The fraction of sp³-hybridized carbons (Fsp3) is 0.500. The second kappa shape index (κ2) is 5.77. The highest BCUT2D eigenvalue weighted by Gasteiger charge is 2.16. The number of benzene rings is 1. The summed E-state index contributed by atoms with van der Waals surface area (Å²) in [6.45, 7) is 4.42. The Hall–Kier alpha value is -0.0100. The summed E-state index contributed by atoms with van der Waals surface area (Å²) in [4.78, 5) is 0.521. The molecule has 78 valence electrons. The van der Waals surface area contributed by atoms with Crippen LogP contribution in [0.2, 0.25) is 5.02 Å². The van der Waals surface area contributed by atoms with E-state index in [1.165, 1.54) is 18.4 Å². The lowest BCUT2D eigenvalue weighted by molar-refractivity contribution is 0.651. The fourth-order valence-electron chi connectivity index (χ4n) is 1.56. The molecular formula is C12H16BrCl. The van der Waals surface area contributed by atoms with Crippen LogP contribution in [0.4, 0.5) is 0 Å². The van der Waals surface area contributed by atoms with Gasteiger partial charge in [-0.3, -0.25) is 0 Å². The normalized spacial score (nSPS) is 15.1. The maximum Gasteiger partial charge on any atom is 0.0441 e. The minimum Gasteiger partial charge on any atom is -0.0884 e. The van der Waals surface area contributed by atoms with Crippen LogP contribution < -0.4 is 0 Å². The SMILES string of the molecule is CCCC(Br)C(C)c1ccccc1Cl. The smallest absolute Gasteiger partial charge is 0.0441 e. The van der Waals surface area contributed by atoms with E-state index in [-0.39, 0.29) is 0 Å². The van der Waals surface area contributed by atoms with Gasteiger partial charge in [0.05, 0.1) is 0 Å². The summed E-state index contributed by atoms with van der Waals surface area (Å²) in [6, 6.07) is 8.08. The summed E-state index contributed by atoms with van der Waals surface area (Å²) in [7, 11) is 0. The van der Waals surface area contributed by atoms with Gasteiger partial charge in [0.2, 0.25) is 0 Å². The highest BCUT2D eigenvalue weighted by Crippen LogP contribution is 2.32. The lowest BCUT2D eigenvalue weighted by Gasteiger charge is -2.19. The molecule has 0 heterocycles. The minimum absolute atomic E-state index is 0.476. The minimum atomic E-state index is 0.476. The Morgan fingerprint density at radius 2 is 2.00 bits per heavy atom. The quantitative estimate of drug-likeness (QED) is 0.678. The van der Waals surface area contributed by atoms with Gasteiger partial charge in [-0.1, -0.05) is 66.0 Å². The van der Waals surface area contributed by atoms with Crippen molar-refractivity contribution in [2.75, 3.05) is 0 Å². The number of alkyl halides is 1. The average Bonchev–Trinajstić information content (AvgIpc) is 2.18. The van der Waals surface area contributed by atoms with E-state index < -0.39 is 0 Å². The maximum atomic E-state index is 6.14. The molecule has 0 N–H and O–H groups in total. The summed E-state index contributed by atoms with van der Waals surface area (Å²) >= 11 is 9.86. The average molecular weight is 276 g/mol. The van der Waals surface area contributed by atoms with Crippen molar-refractivity contribution in [3.8, 4) is 0 Å². The molecule has 0 bridgehead atoms. The summed E-state index contributed by atoms with van der Waals surface area (Å²) in [5.41, 5.74) is 1.24. The first-order chi connectivity index (χ1) is 6.66. The van der Waals surface area contributed by atoms with E-state index in [1.807, 2.05) is 18.2 Å². The third-order valence-corrected chi connectivity index (χ3v) is 4.10. The van der Waals surface area contributed by atoms with Crippen molar-refractivity contribution in [1.82, 2.24) is 0 Å². The molecule has 0 aliphatic heterocycles. The predicted octanol–water partition coefficient (Wildman–Crippen LogP) is 5.01. The van der Waals surface area contributed by atoms with Crippen LogP contribution in [0.3, 0.4) is 0 Å². The predicted molar refractivity (Wildman–Crippen MR) is 67.5 cm³/mol. The van der Waals surface area contributed by atoms with E-state index in [1.54, 1.807) is 0 Å². The van der Waals surface area contributed by atoms with Crippen LogP contribution >= 0.6 is 27.5 Å². The Morgan fingerprint density at radius 3 is 2.57 bits per heavy atom. The van der Waals surface area contributed by atoms with Gasteiger partial charge in [-0.25, -0.2) is 0 Å². The van der Waals surface area contributed by atoms with Crippen molar-refractivity contribution in [1.29, 1.82) is 0 Å². The molecule has 0 amide bonds. The van der Waals surface area contributed by atoms with Crippen LogP contribution in [0.15, 0.2) is 24.3 Å². The molecule has 1 aromatic carbocycles. The van der Waals surface area contributed by atoms with Gasteiger partial charge in [-0.05, 0) is 24.0 Å². The Morgan fingerprint density at radius 1 is 1.36 bits per heavy atom. The highest BCUT2D eigenvalue weighted by atomic mass is 79.9. The maximum absolute atomic E-state index is 6.14. The standard InChI is InChI=1S/C12H16BrCl/c1-3-6-11(13)9(2)10-7-4-5-8-12(10)14/h4-5,7-9,11H,3,6H2,1-2H3. The largest absolute Gasteiger partial charge is 0.0884 e. The zero-order valence-corrected chi connectivity index (χ0v) is 11.0. The zero-order chi connectivity index (χ0) is 10.6. The molecule has 0 aliphatic carbocycles. The fourth-order valence-corrected chi connectivity index (χ4v) is 2.62. The van der Waals surface area contributed by atoms with Gasteiger partial charge in [-0.2, -0.15) is 0 Å². The van der Waals surface area contributed by atoms with Crippen molar-refractivity contribution >= 4 is 27.5 Å². The molecule has 0 saturated heterocycles. The van der Waals surface area contributed by atoms with Crippen LogP contribution in [0.25, 0.3) is 0 Å². The molecular weight excluding hydrogens is 259 g/mol. The molecule has 2 heteroatoms. The van der Waals surface area contributed by atoms with Crippen molar-refractivity contribution in [2.24, 2.45) is 0 Å². The van der Waals surface area contributed by atoms with Gasteiger partial charge >= 0.3 is 0 Å². The van der Waals surface area contributed by atoms with Crippen molar-refractivity contribution < 1.29 is 0 Å². The van der Waals surface area contributed by atoms with Gasteiger partial charge in [0.15, 0.2) is 0 Å². The summed E-state index contributed by atoms with van der Waals surface area (Å²) in [6.07, 6.45) is 2.39. The molecule has 0 saturated carbocycles. The topological polar surface area (TPSA) is 0 Å². The van der Waals surface area contributed by atoms with E-state index in [9.17, 15) is 0 Å². The van der Waals surface area contributed by atoms with Crippen molar-refractivity contribution in [3.05, 3.63) is 34.9 Å². The van der Waals surface area contributed by atoms with Gasteiger partial charge in [-0.15, -0.1) is 0 Å². The molecule has 14 heavy (non-hydrogen) atoms. The number of halogens is 2. The lowest BCUT2D eigenvalue weighted by atomic mass is 9.95. The first kappa shape index (κ1) is 12.1. The Bertz CT molecular complexity index is 285. The second-order valence-electron chi connectivity index (χ2n) is 3.61. The molecule has 0 spiro atoms. The molecule has 0 fully saturated rings. The lowest BCUT2D eigenvalue weighted by Crippen LogP contribution is -2.09. The van der Waals surface area contributed by atoms with Crippen LogP contribution in [-0.2, 0) is 0 Å². The summed E-state index contributed by atoms with van der Waals surface area (Å²) in [5, 5.41) is 0.876. The first-order valence-corrected chi connectivity index (χ1v) is 6.34. The Labute approximate surface area is 99.8 Å². The Kier molecular flexibility index (Phi) is 4.97. The number of hydrogen-bond acceptors (Lipinski definition) is 0. The van der Waals surface area contributed by atoms with E-state index >= 15 is 0 Å². The third-order valence-electron chi connectivity index (χ3n) is 2.50. The van der Waals surface area contributed by atoms with E-state index in [0.29, 0.717) is 10.7 Å². The molecule has 0 aliphatic rings. The van der Waals surface area contributed by atoms with Gasteiger partial charge in [0.25, 0.3) is 0 Å². The summed E-state index contributed by atoms with van der Waals surface area (Å²) in [5.74, 6) is 0.476. The van der Waals surface area contributed by atoms with Gasteiger partial charge < -0.3 is 0 Å². The molecule has 2 atom stereocenters. The summed E-state index contributed by atoms with van der Waals surface area (Å²) < 4.78 is 0. The second-order valence-corrected chi connectivity index (χ2v) is 5.20. The van der Waals surface area contributed by atoms with Crippen LogP contribution in [0.5, 0.6) is 0 Å². The molecule has 0 aromatic heterocycles. The van der Waals surface area contributed by atoms with E-state index in [0.717, 1.165) is 5.02 Å². The molecule has 1 rings (SSSR count). The van der Waals surface area contributed by atoms with Crippen LogP contribution in [0, 0.1) is 0 Å². The number of rotatable bonds is 4. The third kappa shape index (κ3) is 2.99. The van der Waals surface area contributed by atoms with Gasteiger partial charge in [0.1, 0.15) is 0 Å². The van der Waals surface area contributed by atoms with Crippen LogP contribution in [-0.4, -0.2) is 4.83 Å². The first-order valence-electron chi connectivity index (χ1n) is 5.05. The monoisotopic (exact) mass is 274 g/mol. The molecule has 2 unspecified atom stereocenters. The molecule has 0 nitrogen and oxygen atoms in total. The highest BCUT2D eigenvalue weighted by molar-refractivity contribution is 9.09. The number of hydrogen-bond donors (Lipinski definition) is 0. The Balaban J connectivity index is 2.78. The van der Waals surface area contributed by atoms with Crippen molar-refractivity contribution in [3.63, 3.8) is 0 Å². The zero-order valence-electron chi connectivity index (χ0n) is 8.63. The van der Waals surface area contributed by atoms with Crippen LogP contribution in [0.1, 0.15) is 38.2 Å². The van der Waals surface area contributed by atoms with Crippen molar-refractivity contribution in [2.45, 2.75) is 37.4 Å².